The zero-order valence-electron chi connectivity index (χ0n) is 11.0. The summed E-state index contributed by atoms with van der Waals surface area (Å²) in [7, 11) is 0. The lowest BCUT2D eigenvalue weighted by Crippen LogP contribution is -1.96. The maximum Gasteiger partial charge on any atom is 0.129 e. The van der Waals surface area contributed by atoms with Gasteiger partial charge in [0.2, 0.25) is 0 Å². The van der Waals surface area contributed by atoms with E-state index in [-0.39, 0.29) is 11.2 Å². The molecule has 0 aliphatic rings. The number of hydrogen-bond acceptors (Lipinski definition) is 0. The fraction of sp³-hybridized carbons (Fsp3) is 0.600. The van der Waals surface area contributed by atoms with E-state index in [1.807, 2.05) is 12.1 Å². The Bertz CT molecular complexity index is 337. The highest BCUT2D eigenvalue weighted by Gasteiger charge is 2.11. The Morgan fingerprint density at radius 2 is 1.71 bits per heavy atom. The van der Waals surface area contributed by atoms with Gasteiger partial charge in [-0.1, -0.05) is 44.7 Å². The first-order valence-corrected chi connectivity index (χ1v) is 6.90. The summed E-state index contributed by atoms with van der Waals surface area (Å²) in [6.07, 6.45) is 5.87. The molecule has 1 atom stereocenters. The van der Waals surface area contributed by atoms with Gasteiger partial charge in [0.05, 0.1) is 5.38 Å². The van der Waals surface area contributed by atoms with Crippen LogP contribution in [0, 0.1) is 19.7 Å². The van der Waals surface area contributed by atoms with E-state index in [4.69, 9.17) is 11.6 Å². The van der Waals surface area contributed by atoms with Crippen LogP contribution in [0.15, 0.2) is 12.1 Å². The zero-order valence-corrected chi connectivity index (χ0v) is 11.8. The Labute approximate surface area is 109 Å². The Morgan fingerprint density at radius 3 is 2.24 bits per heavy atom. The summed E-state index contributed by atoms with van der Waals surface area (Å²) in [5.74, 6) is -0.108. The van der Waals surface area contributed by atoms with Crippen molar-refractivity contribution in [2.75, 3.05) is 0 Å². The molecule has 96 valence electrons. The van der Waals surface area contributed by atoms with Crippen molar-refractivity contribution < 1.29 is 4.39 Å². The second-order valence-corrected chi connectivity index (χ2v) is 5.31. The molecular weight excluding hydrogens is 235 g/mol. The third-order valence-corrected chi connectivity index (χ3v) is 3.60. The summed E-state index contributed by atoms with van der Waals surface area (Å²) in [4.78, 5) is 0. The van der Waals surface area contributed by atoms with Gasteiger partial charge in [-0.25, -0.2) is 4.39 Å². The van der Waals surface area contributed by atoms with Gasteiger partial charge in [-0.2, -0.15) is 0 Å². The minimum absolute atomic E-state index is 0.0184. The summed E-state index contributed by atoms with van der Waals surface area (Å²) >= 11 is 6.36. The van der Waals surface area contributed by atoms with Crippen LogP contribution in [0.1, 0.15) is 61.1 Å². The second-order valence-electron chi connectivity index (χ2n) is 4.79. The second kappa shape index (κ2) is 7.00. The predicted molar refractivity (Wildman–Crippen MR) is 73.2 cm³/mol. The Morgan fingerprint density at radius 1 is 1.12 bits per heavy atom. The number of alkyl halides is 1. The third-order valence-electron chi connectivity index (χ3n) is 3.13. The van der Waals surface area contributed by atoms with Gasteiger partial charge in [-0.15, -0.1) is 11.6 Å². The van der Waals surface area contributed by atoms with E-state index in [0.717, 1.165) is 18.4 Å². The molecule has 0 aromatic heterocycles. The first-order valence-electron chi connectivity index (χ1n) is 6.47. The van der Waals surface area contributed by atoms with Crippen LogP contribution in [-0.2, 0) is 0 Å². The van der Waals surface area contributed by atoms with E-state index in [2.05, 4.69) is 6.92 Å². The molecular formula is C15H22ClF. The monoisotopic (exact) mass is 256 g/mol. The quantitative estimate of drug-likeness (QED) is 0.453. The molecule has 2 heteroatoms. The number of benzene rings is 1. The minimum atomic E-state index is -0.108. The van der Waals surface area contributed by atoms with Gasteiger partial charge in [-0.05, 0) is 37.0 Å². The molecule has 0 spiro atoms. The van der Waals surface area contributed by atoms with Crippen LogP contribution >= 0.6 is 11.6 Å². The van der Waals surface area contributed by atoms with E-state index < -0.39 is 0 Å². The number of hydrogen-bond donors (Lipinski definition) is 0. The van der Waals surface area contributed by atoms with Crippen LogP contribution in [0.5, 0.6) is 0 Å². The number of aryl methyl sites for hydroxylation is 2. The van der Waals surface area contributed by atoms with Crippen LogP contribution in [0.25, 0.3) is 0 Å². The molecule has 1 aromatic rings. The largest absolute Gasteiger partial charge is 0.206 e. The van der Waals surface area contributed by atoms with Gasteiger partial charge in [0.1, 0.15) is 5.82 Å². The van der Waals surface area contributed by atoms with Crippen LogP contribution in [0.3, 0.4) is 0 Å². The Balaban J connectivity index is 2.60. The van der Waals surface area contributed by atoms with Crippen LogP contribution in [0.2, 0.25) is 0 Å². The van der Waals surface area contributed by atoms with Gasteiger partial charge in [0.25, 0.3) is 0 Å². The zero-order chi connectivity index (χ0) is 12.8. The Kier molecular flexibility index (Phi) is 5.97. The number of halogens is 2. The molecule has 0 bridgehead atoms. The normalized spacial score (nSPS) is 12.8. The first-order chi connectivity index (χ1) is 8.06. The molecule has 0 fully saturated rings. The molecule has 17 heavy (non-hydrogen) atoms. The van der Waals surface area contributed by atoms with Crippen LogP contribution in [0.4, 0.5) is 4.39 Å². The van der Waals surface area contributed by atoms with Crippen molar-refractivity contribution in [3.05, 3.63) is 34.6 Å². The van der Waals surface area contributed by atoms with Crippen molar-refractivity contribution in [1.29, 1.82) is 0 Å². The Hall–Kier alpha value is -0.560. The lowest BCUT2D eigenvalue weighted by Gasteiger charge is -2.12. The fourth-order valence-corrected chi connectivity index (χ4v) is 2.36. The molecule has 1 aromatic carbocycles. The molecule has 0 saturated heterocycles. The molecule has 1 rings (SSSR count). The highest BCUT2D eigenvalue weighted by molar-refractivity contribution is 6.20. The molecule has 0 aliphatic heterocycles. The lowest BCUT2D eigenvalue weighted by molar-refractivity contribution is 0.603. The molecule has 0 nitrogen and oxygen atoms in total. The third kappa shape index (κ3) is 4.31. The van der Waals surface area contributed by atoms with Gasteiger partial charge >= 0.3 is 0 Å². The topological polar surface area (TPSA) is 0 Å². The number of rotatable bonds is 6. The van der Waals surface area contributed by atoms with Gasteiger partial charge in [0.15, 0.2) is 0 Å². The van der Waals surface area contributed by atoms with Crippen molar-refractivity contribution in [2.24, 2.45) is 0 Å². The van der Waals surface area contributed by atoms with Crippen LogP contribution in [-0.4, -0.2) is 0 Å². The van der Waals surface area contributed by atoms with Crippen molar-refractivity contribution >= 4 is 11.6 Å². The van der Waals surface area contributed by atoms with Crippen molar-refractivity contribution in [3.8, 4) is 0 Å². The molecule has 0 amide bonds. The maximum absolute atomic E-state index is 13.5. The van der Waals surface area contributed by atoms with Gasteiger partial charge in [-0.3, -0.25) is 0 Å². The van der Waals surface area contributed by atoms with Gasteiger partial charge < -0.3 is 0 Å². The first kappa shape index (κ1) is 14.5. The van der Waals surface area contributed by atoms with Crippen molar-refractivity contribution in [2.45, 2.75) is 58.3 Å². The molecule has 0 aliphatic carbocycles. The molecule has 0 radical (unpaired) electrons. The SMILES string of the molecule is CCCCCCC(Cl)c1cc(C)c(F)c(C)c1. The van der Waals surface area contributed by atoms with E-state index >= 15 is 0 Å². The van der Waals surface area contributed by atoms with E-state index in [1.54, 1.807) is 13.8 Å². The van der Waals surface area contributed by atoms with E-state index in [0.29, 0.717) is 11.1 Å². The van der Waals surface area contributed by atoms with Crippen LogP contribution < -0.4 is 0 Å². The predicted octanol–water partition coefficient (Wildman–Crippen LogP) is 5.69. The average molecular weight is 257 g/mol. The molecule has 0 heterocycles. The summed E-state index contributed by atoms with van der Waals surface area (Å²) < 4.78 is 13.5. The smallest absolute Gasteiger partial charge is 0.129 e. The highest BCUT2D eigenvalue weighted by atomic mass is 35.5. The highest BCUT2D eigenvalue weighted by Crippen LogP contribution is 2.29. The van der Waals surface area contributed by atoms with E-state index in [9.17, 15) is 4.39 Å². The molecule has 1 unspecified atom stereocenters. The maximum atomic E-state index is 13.5. The molecule has 0 saturated carbocycles. The van der Waals surface area contributed by atoms with Gasteiger partial charge in [0, 0.05) is 0 Å². The number of unbranched alkanes of at least 4 members (excludes halogenated alkanes) is 3. The lowest BCUT2D eigenvalue weighted by atomic mass is 10.0. The summed E-state index contributed by atoms with van der Waals surface area (Å²) in [6, 6.07) is 3.75. The summed E-state index contributed by atoms with van der Waals surface area (Å²) in [5, 5.41) is 0.0184. The standard InChI is InChI=1S/C15H22ClF/c1-4-5-6-7-8-14(16)13-9-11(2)15(17)12(3)10-13/h9-10,14H,4-8H2,1-3H3. The fourth-order valence-electron chi connectivity index (χ4n) is 2.08. The summed E-state index contributed by atoms with van der Waals surface area (Å²) in [6.45, 7) is 5.80. The van der Waals surface area contributed by atoms with Crippen molar-refractivity contribution in [1.82, 2.24) is 0 Å². The summed E-state index contributed by atoms with van der Waals surface area (Å²) in [5.41, 5.74) is 2.44. The van der Waals surface area contributed by atoms with E-state index in [1.165, 1.54) is 19.3 Å². The molecule has 0 N–H and O–H groups in total. The average Bonchev–Trinajstić information content (AvgIpc) is 2.30. The minimum Gasteiger partial charge on any atom is -0.206 e. The van der Waals surface area contributed by atoms with Crippen molar-refractivity contribution in [3.63, 3.8) is 0 Å².